The minimum atomic E-state index is -0.0857. The lowest BCUT2D eigenvalue weighted by atomic mass is 9.82. The van der Waals surface area contributed by atoms with Gasteiger partial charge in [0.05, 0.1) is 12.1 Å². The van der Waals surface area contributed by atoms with Crippen molar-refractivity contribution in [3.63, 3.8) is 0 Å². The molecule has 1 aliphatic carbocycles. The third-order valence-electron chi connectivity index (χ3n) is 10.8. The van der Waals surface area contributed by atoms with E-state index in [1.807, 2.05) is 18.2 Å². The molecule has 5 nitrogen and oxygen atoms in total. The van der Waals surface area contributed by atoms with E-state index in [1.54, 1.807) is 0 Å². The number of hydrogen-bond acceptors (Lipinski definition) is 5. The van der Waals surface area contributed by atoms with Crippen LogP contribution in [-0.4, -0.2) is 22.0 Å². The molecule has 2 heterocycles. The predicted octanol–water partition coefficient (Wildman–Crippen LogP) is 12.0. The first-order valence-corrected chi connectivity index (χ1v) is 18.8. The highest BCUT2D eigenvalue weighted by Crippen LogP contribution is 2.48. The maximum absolute atomic E-state index is 11.0. The van der Waals surface area contributed by atoms with Gasteiger partial charge in [-0.05, 0) is 118 Å². The van der Waals surface area contributed by atoms with Crippen LogP contribution in [0.25, 0.3) is 10.9 Å². The van der Waals surface area contributed by atoms with Gasteiger partial charge in [0.15, 0.2) is 0 Å². The smallest absolute Gasteiger partial charge is 0.219 e. The van der Waals surface area contributed by atoms with Gasteiger partial charge < -0.3 is 14.7 Å². The second kappa shape index (κ2) is 13.2. The van der Waals surface area contributed by atoms with Crippen LogP contribution in [-0.2, 0) is 11.8 Å². The predicted molar refractivity (Wildman–Crippen MR) is 212 cm³/mol. The summed E-state index contributed by atoms with van der Waals surface area (Å²) in [5, 5.41) is 11.9. The SMILES string of the molecule is Cc1cc(Oc2ccc3cc(C(C)(C)C)cc(O)c3n2)cc(C2=N[C@H]3c4ccccc4CC[C@H]3N2c2c(C(C)C)cc(C(C)C)cc2C(C)C)c1. The first-order chi connectivity index (χ1) is 24.2. The van der Waals surface area contributed by atoms with Gasteiger partial charge in [0, 0.05) is 22.7 Å². The highest BCUT2D eigenvalue weighted by Gasteiger charge is 2.43. The van der Waals surface area contributed by atoms with Gasteiger partial charge in [-0.15, -0.1) is 0 Å². The summed E-state index contributed by atoms with van der Waals surface area (Å²) < 4.78 is 6.51. The Kier molecular flexibility index (Phi) is 8.98. The van der Waals surface area contributed by atoms with E-state index in [1.165, 1.54) is 33.5 Å². The third kappa shape index (κ3) is 6.52. The standard InChI is InChI=1S/C46H53N3O2/c1-26(2)32-23-37(27(3)4)44(38(24-32)28(5)6)49-39-17-15-30-13-11-12-14-36(30)43(39)48-45(49)33-19-29(7)20-35(22-33)51-41-18-16-31-21-34(46(8,9)10)25-40(50)42(31)47-41/h11-14,16,18-28,39,43,50H,15,17H2,1-10H3/t39-,43+/m1/s1. The number of aromatic hydroxyl groups is 1. The first kappa shape index (κ1) is 34.8. The van der Waals surface area contributed by atoms with E-state index < -0.39 is 0 Å². The molecule has 0 fully saturated rings. The topological polar surface area (TPSA) is 58.0 Å². The molecule has 0 amide bonds. The molecule has 7 rings (SSSR count). The largest absolute Gasteiger partial charge is 0.506 e. The van der Waals surface area contributed by atoms with Crippen LogP contribution in [0, 0.1) is 6.92 Å². The van der Waals surface area contributed by atoms with Crippen LogP contribution in [0.1, 0.15) is 137 Å². The Labute approximate surface area is 304 Å². The molecular weight excluding hydrogens is 627 g/mol. The van der Waals surface area contributed by atoms with Crippen LogP contribution in [0.3, 0.4) is 0 Å². The molecule has 5 aromatic rings. The van der Waals surface area contributed by atoms with E-state index in [9.17, 15) is 5.11 Å². The van der Waals surface area contributed by atoms with Crippen molar-refractivity contribution in [2.45, 2.75) is 117 Å². The van der Waals surface area contributed by atoms with Gasteiger partial charge >= 0.3 is 0 Å². The number of ether oxygens (including phenoxy) is 1. The number of anilines is 1. The molecule has 0 bridgehead atoms. The van der Waals surface area contributed by atoms with Crippen molar-refractivity contribution in [3.05, 3.63) is 123 Å². The lowest BCUT2D eigenvalue weighted by Gasteiger charge is -2.38. The molecule has 264 valence electrons. The lowest BCUT2D eigenvalue weighted by Crippen LogP contribution is -2.41. The zero-order chi connectivity index (χ0) is 36.4. The fourth-order valence-corrected chi connectivity index (χ4v) is 7.92. The summed E-state index contributed by atoms with van der Waals surface area (Å²) in [4.78, 5) is 13.0. The highest BCUT2D eigenvalue weighted by molar-refractivity contribution is 6.13. The molecule has 1 N–H and O–H groups in total. The normalized spacial score (nSPS) is 17.4. The van der Waals surface area contributed by atoms with Crippen LogP contribution >= 0.6 is 0 Å². The van der Waals surface area contributed by atoms with Gasteiger partial charge in [-0.2, -0.15) is 0 Å². The monoisotopic (exact) mass is 679 g/mol. The maximum atomic E-state index is 11.0. The maximum Gasteiger partial charge on any atom is 0.219 e. The molecular formula is C46H53N3O2. The number of benzene rings is 4. The number of aryl methyl sites for hydroxylation is 2. The number of aromatic nitrogens is 1. The van der Waals surface area contributed by atoms with E-state index in [-0.39, 0.29) is 23.2 Å². The Bertz CT molecular complexity index is 2120. The molecule has 2 aliphatic rings. The molecule has 0 unspecified atom stereocenters. The van der Waals surface area contributed by atoms with Crippen molar-refractivity contribution < 1.29 is 9.84 Å². The number of pyridine rings is 1. The van der Waals surface area contributed by atoms with Crippen LogP contribution < -0.4 is 9.64 Å². The fourth-order valence-electron chi connectivity index (χ4n) is 7.92. The molecule has 0 spiro atoms. The summed E-state index contributed by atoms with van der Waals surface area (Å²) in [5.74, 6) is 3.44. The van der Waals surface area contributed by atoms with Gasteiger partial charge in [0.25, 0.3) is 0 Å². The zero-order valence-electron chi connectivity index (χ0n) is 32.0. The van der Waals surface area contributed by atoms with Crippen molar-refractivity contribution in [3.8, 4) is 17.4 Å². The van der Waals surface area contributed by atoms with Crippen LogP contribution in [0.5, 0.6) is 17.4 Å². The number of nitrogens with zero attached hydrogens (tertiary/aromatic N) is 3. The molecule has 0 saturated heterocycles. The zero-order valence-corrected chi connectivity index (χ0v) is 32.0. The molecule has 0 radical (unpaired) electrons. The Morgan fingerprint density at radius 1 is 0.824 bits per heavy atom. The average molecular weight is 680 g/mol. The molecule has 2 atom stereocenters. The summed E-state index contributed by atoms with van der Waals surface area (Å²) in [6.45, 7) is 22.4. The van der Waals surface area contributed by atoms with Gasteiger partial charge in [-0.1, -0.05) is 98.7 Å². The summed E-state index contributed by atoms with van der Waals surface area (Å²) in [7, 11) is 0. The van der Waals surface area contributed by atoms with Gasteiger partial charge in [0.1, 0.15) is 22.9 Å². The molecule has 0 saturated carbocycles. The second-order valence-electron chi connectivity index (χ2n) is 16.7. The van der Waals surface area contributed by atoms with Crippen molar-refractivity contribution in [1.82, 2.24) is 4.98 Å². The van der Waals surface area contributed by atoms with Crippen molar-refractivity contribution >= 4 is 22.4 Å². The summed E-state index contributed by atoms with van der Waals surface area (Å²) in [6, 6.07) is 28.2. The van der Waals surface area contributed by atoms with Gasteiger partial charge in [-0.25, -0.2) is 4.98 Å². The summed E-state index contributed by atoms with van der Waals surface area (Å²) in [5.41, 5.74) is 11.9. The number of fused-ring (bicyclic) bond motifs is 4. The molecule has 1 aromatic heterocycles. The molecule has 4 aromatic carbocycles. The Morgan fingerprint density at radius 3 is 2.20 bits per heavy atom. The van der Waals surface area contributed by atoms with Crippen LogP contribution in [0.2, 0.25) is 0 Å². The van der Waals surface area contributed by atoms with E-state index in [4.69, 9.17) is 14.7 Å². The first-order valence-electron chi connectivity index (χ1n) is 18.8. The minimum absolute atomic E-state index is 0.0442. The number of aliphatic imine (C=N–C) groups is 1. The number of phenols is 1. The third-order valence-corrected chi connectivity index (χ3v) is 10.8. The quantitative estimate of drug-likeness (QED) is 0.186. The van der Waals surface area contributed by atoms with Crippen molar-refractivity contribution in [2.24, 2.45) is 4.99 Å². The fraction of sp³-hybridized carbons (Fsp3) is 0.391. The Morgan fingerprint density at radius 2 is 1.53 bits per heavy atom. The number of hydrogen-bond donors (Lipinski definition) is 1. The highest BCUT2D eigenvalue weighted by atomic mass is 16.5. The Hall–Kier alpha value is -4.64. The molecule has 5 heteroatoms. The van der Waals surface area contributed by atoms with E-state index in [0.717, 1.165) is 40.8 Å². The van der Waals surface area contributed by atoms with Gasteiger partial charge in [-0.3, -0.25) is 4.99 Å². The molecule has 1 aliphatic heterocycles. The lowest BCUT2D eigenvalue weighted by molar-refractivity contribution is 0.458. The van der Waals surface area contributed by atoms with Crippen molar-refractivity contribution in [1.29, 1.82) is 0 Å². The second-order valence-corrected chi connectivity index (χ2v) is 16.7. The van der Waals surface area contributed by atoms with E-state index in [0.29, 0.717) is 34.9 Å². The van der Waals surface area contributed by atoms with Crippen LogP contribution in [0.4, 0.5) is 5.69 Å². The number of amidine groups is 1. The van der Waals surface area contributed by atoms with Gasteiger partial charge in [0.2, 0.25) is 5.88 Å². The Balaban J connectivity index is 1.36. The van der Waals surface area contributed by atoms with E-state index >= 15 is 0 Å². The van der Waals surface area contributed by atoms with Crippen LogP contribution in [0.15, 0.2) is 83.9 Å². The number of phenolic OH excluding ortho intramolecular Hbond substituents is 1. The number of rotatable bonds is 7. The van der Waals surface area contributed by atoms with Crippen molar-refractivity contribution in [2.75, 3.05) is 4.90 Å². The van der Waals surface area contributed by atoms with E-state index in [2.05, 4.69) is 135 Å². The summed E-state index contributed by atoms with van der Waals surface area (Å²) in [6.07, 6.45) is 2.07. The minimum Gasteiger partial charge on any atom is -0.506 e. The summed E-state index contributed by atoms with van der Waals surface area (Å²) >= 11 is 0. The molecule has 51 heavy (non-hydrogen) atoms. The average Bonchev–Trinajstić information content (AvgIpc) is 3.47.